The second kappa shape index (κ2) is 4.53. The monoisotopic (exact) mass is 208 g/mol. The van der Waals surface area contributed by atoms with Crippen LogP contribution in [0.15, 0.2) is 18.2 Å². The van der Waals surface area contributed by atoms with Gasteiger partial charge in [-0.05, 0) is 24.6 Å². The van der Waals surface area contributed by atoms with Crippen LogP contribution in [0, 0.1) is 6.92 Å². The van der Waals surface area contributed by atoms with Crippen LogP contribution in [0.2, 0.25) is 0 Å². The Kier molecular flexibility index (Phi) is 3.11. The van der Waals surface area contributed by atoms with Gasteiger partial charge in [-0.2, -0.15) is 0 Å². The first-order valence-corrected chi connectivity index (χ1v) is 5.18. The van der Waals surface area contributed by atoms with Gasteiger partial charge in [0.25, 0.3) is 0 Å². The molecule has 15 heavy (non-hydrogen) atoms. The molecule has 0 spiro atoms. The van der Waals surface area contributed by atoms with Crippen molar-refractivity contribution in [2.75, 3.05) is 20.3 Å². The first kappa shape index (κ1) is 10.3. The molecule has 0 N–H and O–H groups in total. The van der Waals surface area contributed by atoms with Crippen LogP contribution in [0.5, 0.6) is 11.5 Å². The van der Waals surface area contributed by atoms with E-state index in [1.807, 2.05) is 25.1 Å². The maximum absolute atomic E-state index is 5.80. The van der Waals surface area contributed by atoms with Crippen molar-refractivity contribution in [3.05, 3.63) is 23.8 Å². The number of rotatable bonds is 3. The molecule has 0 radical (unpaired) electrons. The molecule has 3 nitrogen and oxygen atoms in total. The Labute approximate surface area is 90.0 Å². The number of methoxy groups -OCH3 is 1. The Morgan fingerprint density at radius 2 is 2.20 bits per heavy atom. The first-order valence-electron chi connectivity index (χ1n) is 5.18. The summed E-state index contributed by atoms with van der Waals surface area (Å²) in [6, 6.07) is 5.95. The summed E-state index contributed by atoms with van der Waals surface area (Å²) in [5.74, 6) is 1.60. The van der Waals surface area contributed by atoms with Gasteiger partial charge in [0.05, 0.1) is 20.3 Å². The smallest absolute Gasteiger partial charge is 0.161 e. The molecule has 0 aliphatic carbocycles. The zero-order valence-electron chi connectivity index (χ0n) is 9.16. The standard InChI is InChI=1S/C12H16O3/c1-9-3-4-11(12(7-9)13-2)15-10-5-6-14-8-10/h3-4,7,10H,5-6,8H2,1-2H3/t10-/m0/s1. The van der Waals surface area contributed by atoms with Gasteiger partial charge in [0.15, 0.2) is 11.5 Å². The summed E-state index contributed by atoms with van der Waals surface area (Å²) in [6.45, 7) is 3.50. The number of ether oxygens (including phenoxy) is 3. The molecule has 0 aromatic heterocycles. The maximum atomic E-state index is 5.80. The van der Waals surface area contributed by atoms with Crippen molar-refractivity contribution in [3.63, 3.8) is 0 Å². The van der Waals surface area contributed by atoms with Crippen molar-refractivity contribution in [1.29, 1.82) is 0 Å². The Bertz CT molecular complexity index is 330. The van der Waals surface area contributed by atoms with Gasteiger partial charge < -0.3 is 14.2 Å². The molecule has 3 heteroatoms. The molecule has 1 saturated heterocycles. The van der Waals surface area contributed by atoms with Crippen LogP contribution in [-0.4, -0.2) is 26.4 Å². The van der Waals surface area contributed by atoms with Crippen molar-refractivity contribution >= 4 is 0 Å². The average Bonchev–Trinajstić information content (AvgIpc) is 2.73. The molecule has 82 valence electrons. The minimum atomic E-state index is 0.168. The van der Waals surface area contributed by atoms with Crippen molar-refractivity contribution in [1.82, 2.24) is 0 Å². The molecule has 0 bridgehead atoms. The maximum Gasteiger partial charge on any atom is 0.161 e. The third-order valence-corrected chi connectivity index (χ3v) is 2.50. The fourth-order valence-electron chi connectivity index (χ4n) is 1.66. The minimum absolute atomic E-state index is 0.168. The Morgan fingerprint density at radius 1 is 1.33 bits per heavy atom. The lowest BCUT2D eigenvalue weighted by Gasteiger charge is -2.15. The summed E-state index contributed by atoms with van der Waals surface area (Å²) in [7, 11) is 1.66. The van der Waals surface area contributed by atoms with Crippen LogP contribution in [0.3, 0.4) is 0 Å². The zero-order chi connectivity index (χ0) is 10.7. The molecular weight excluding hydrogens is 192 g/mol. The van der Waals surface area contributed by atoms with E-state index in [0.717, 1.165) is 24.5 Å². The lowest BCUT2D eigenvalue weighted by molar-refractivity contribution is 0.138. The molecule has 0 unspecified atom stereocenters. The molecule has 2 rings (SSSR count). The SMILES string of the molecule is COc1cc(C)ccc1O[C@H]1CCOC1. The quantitative estimate of drug-likeness (QED) is 0.762. The summed E-state index contributed by atoms with van der Waals surface area (Å²) in [4.78, 5) is 0. The molecule has 1 aromatic rings. The minimum Gasteiger partial charge on any atom is -0.493 e. The Hall–Kier alpha value is -1.22. The first-order chi connectivity index (χ1) is 7.29. The molecule has 1 fully saturated rings. The second-order valence-electron chi connectivity index (χ2n) is 3.76. The van der Waals surface area contributed by atoms with E-state index in [0.29, 0.717) is 6.61 Å². The van der Waals surface area contributed by atoms with Gasteiger partial charge in [0.1, 0.15) is 6.10 Å². The van der Waals surface area contributed by atoms with Crippen LogP contribution >= 0.6 is 0 Å². The van der Waals surface area contributed by atoms with E-state index in [1.54, 1.807) is 7.11 Å². The van der Waals surface area contributed by atoms with E-state index in [9.17, 15) is 0 Å². The van der Waals surface area contributed by atoms with Gasteiger partial charge in [-0.1, -0.05) is 6.07 Å². The molecular formula is C12H16O3. The van der Waals surface area contributed by atoms with E-state index in [2.05, 4.69) is 0 Å². The van der Waals surface area contributed by atoms with Gasteiger partial charge in [-0.3, -0.25) is 0 Å². The van der Waals surface area contributed by atoms with E-state index in [1.165, 1.54) is 5.56 Å². The molecule has 1 aliphatic rings. The highest BCUT2D eigenvalue weighted by Gasteiger charge is 2.18. The van der Waals surface area contributed by atoms with E-state index < -0.39 is 0 Å². The van der Waals surface area contributed by atoms with Crippen LogP contribution in [-0.2, 0) is 4.74 Å². The van der Waals surface area contributed by atoms with E-state index in [-0.39, 0.29) is 6.10 Å². The van der Waals surface area contributed by atoms with E-state index >= 15 is 0 Å². The highest BCUT2D eigenvalue weighted by molar-refractivity contribution is 5.42. The van der Waals surface area contributed by atoms with Gasteiger partial charge in [0.2, 0.25) is 0 Å². The summed E-state index contributed by atoms with van der Waals surface area (Å²) < 4.78 is 16.3. The topological polar surface area (TPSA) is 27.7 Å². The Balaban J connectivity index is 2.12. The molecule has 1 heterocycles. The van der Waals surface area contributed by atoms with Crippen LogP contribution < -0.4 is 9.47 Å². The fraction of sp³-hybridized carbons (Fsp3) is 0.500. The highest BCUT2D eigenvalue weighted by atomic mass is 16.6. The normalized spacial score (nSPS) is 20.3. The summed E-state index contributed by atoms with van der Waals surface area (Å²) in [5.41, 5.74) is 1.17. The van der Waals surface area contributed by atoms with Gasteiger partial charge in [0, 0.05) is 6.42 Å². The number of hydrogen-bond acceptors (Lipinski definition) is 3. The molecule has 1 atom stereocenters. The van der Waals surface area contributed by atoms with E-state index in [4.69, 9.17) is 14.2 Å². The Morgan fingerprint density at radius 3 is 2.87 bits per heavy atom. The average molecular weight is 208 g/mol. The molecule has 1 aliphatic heterocycles. The zero-order valence-corrected chi connectivity index (χ0v) is 9.16. The number of hydrogen-bond donors (Lipinski definition) is 0. The second-order valence-corrected chi connectivity index (χ2v) is 3.76. The largest absolute Gasteiger partial charge is 0.493 e. The fourth-order valence-corrected chi connectivity index (χ4v) is 1.66. The predicted octanol–water partition coefficient (Wildman–Crippen LogP) is 2.17. The lowest BCUT2D eigenvalue weighted by atomic mass is 10.2. The third kappa shape index (κ3) is 2.42. The highest BCUT2D eigenvalue weighted by Crippen LogP contribution is 2.29. The number of benzene rings is 1. The molecule has 0 saturated carbocycles. The van der Waals surface area contributed by atoms with Crippen molar-refractivity contribution in [2.24, 2.45) is 0 Å². The molecule has 0 amide bonds. The van der Waals surface area contributed by atoms with Crippen LogP contribution in [0.4, 0.5) is 0 Å². The van der Waals surface area contributed by atoms with Crippen molar-refractivity contribution in [3.8, 4) is 11.5 Å². The van der Waals surface area contributed by atoms with Gasteiger partial charge in [-0.25, -0.2) is 0 Å². The van der Waals surface area contributed by atoms with Gasteiger partial charge >= 0.3 is 0 Å². The summed E-state index contributed by atoms with van der Waals surface area (Å²) in [6.07, 6.45) is 1.12. The predicted molar refractivity (Wildman–Crippen MR) is 57.6 cm³/mol. The van der Waals surface area contributed by atoms with Gasteiger partial charge in [-0.15, -0.1) is 0 Å². The lowest BCUT2D eigenvalue weighted by Crippen LogP contribution is -2.16. The summed E-state index contributed by atoms with van der Waals surface area (Å²) >= 11 is 0. The van der Waals surface area contributed by atoms with Crippen LogP contribution in [0.25, 0.3) is 0 Å². The molecule has 1 aromatic carbocycles. The van der Waals surface area contributed by atoms with Crippen molar-refractivity contribution in [2.45, 2.75) is 19.4 Å². The third-order valence-electron chi connectivity index (χ3n) is 2.50. The number of aryl methyl sites for hydroxylation is 1. The summed E-state index contributed by atoms with van der Waals surface area (Å²) in [5, 5.41) is 0. The van der Waals surface area contributed by atoms with Crippen molar-refractivity contribution < 1.29 is 14.2 Å². The van der Waals surface area contributed by atoms with Crippen LogP contribution in [0.1, 0.15) is 12.0 Å².